The third-order valence-electron chi connectivity index (χ3n) is 5.09. The summed E-state index contributed by atoms with van der Waals surface area (Å²) in [5.74, 6) is -0.103. The van der Waals surface area contributed by atoms with Crippen molar-refractivity contribution < 1.29 is 15.0 Å². The smallest absolute Gasteiger partial charge is 0.251 e. The van der Waals surface area contributed by atoms with E-state index in [1.165, 1.54) is 0 Å². The average molecular weight is 261 g/mol. The highest BCUT2D eigenvalue weighted by Gasteiger charge is 2.48. The third kappa shape index (κ3) is 1.56. The van der Waals surface area contributed by atoms with Gasteiger partial charge in [-0.05, 0) is 42.6 Å². The lowest BCUT2D eigenvalue weighted by molar-refractivity contribution is -0.116. The zero-order chi connectivity index (χ0) is 13.9. The minimum absolute atomic E-state index is 0.0437. The lowest BCUT2D eigenvalue weighted by Gasteiger charge is -2.46. The summed E-state index contributed by atoms with van der Waals surface area (Å²) in [4.78, 5) is 11.7. The summed E-state index contributed by atoms with van der Waals surface area (Å²) < 4.78 is 0. The summed E-state index contributed by atoms with van der Waals surface area (Å²) in [6.45, 7) is 5.89. The van der Waals surface area contributed by atoms with Gasteiger partial charge in [-0.2, -0.15) is 0 Å². The summed E-state index contributed by atoms with van der Waals surface area (Å²) in [5, 5.41) is 22.8. The SMILES string of the molecule is CC1=C2C[C@@]3(C)C(=C[C@H](O)[C@H](O)[C@@H]3C)C=C2NC1=O. The van der Waals surface area contributed by atoms with Crippen molar-refractivity contribution in [3.63, 3.8) is 0 Å². The molecule has 102 valence electrons. The largest absolute Gasteiger partial charge is 0.390 e. The standard InChI is InChI=1S/C15H19NO3/c1-7-10-6-15(3)8(2)13(18)12(17)5-9(15)4-11(10)16-14(7)19/h4-5,8,12-13,17-18H,6H2,1-3H3,(H,16,19)/t8-,12-,13+,15+/m0/s1. The van der Waals surface area contributed by atoms with Crippen LogP contribution in [0.1, 0.15) is 27.2 Å². The molecule has 0 radical (unpaired) electrons. The van der Waals surface area contributed by atoms with Crippen molar-refractivity contribution in [2.75, 3.05) is 0 Å². The molecular weight excluding hydrogens is 242 g/mol. The average Bonchev–Trinajstić information content (AvgIpc) is 2.62. The molecule has 1 heterocycles. The second kappa shape index (κ2) is 3.81. The van der Waals surface area contributed by atoms with Crippen molar-refractivity contribution in [2.45, 2.75) is 39.4 Å². The number of fused-ring (bicyclic) bond motifs is 2. The van der Waals surface area contributed by atoms with Gasteiger partial charge < -0.3 is 15.5 Å². The molecule has 0 aromatic rings. The molecule has 4 heteroatoms. The zero-order valence-electron chi connectivity index (χ0n) is 11.4. The van der Waals surface area contributed by atoms with Crippen molar-refractivity contribution >= 4 is 5.91 Å². The number of carbonyl (C=O) groups excluding carboxylic acids is 1. The number of aliphatic hydroxyl groups is 2. The first-order chi connectivity index (χ1) is 8.84. The molecule has 4 nitrogen and oxygen atoms in total. The Labute approximate surface area is 112 Å². The number of carbonyl (C=O) groups is 1. The molecule has 3 rings (SSSR count). The highest BCUT2D eigenvalue weighted by molar-refractivity contribution is 6.00. The maximum absolute atomic E-state index is 11.7. The van der Waals surface area contributed by atoms with Gasteiger partial charge in [-0.3, -0.25) is 4.79 Å². The molecule has 3 aliphatic rings. The number of aliphatic hydroxyl groups excluding tert-OH is 2. The molecule has 0 aromatic carbocycles. The van der Waals surface area contributed by atoms with Gasteiger partial charge in [-0.15, -0.1) is 0 Å². The van der Waals surface area contributed by atoms with E-state index in [0.29, 0.717) is 0 Å². The maximum atomic E-state index is 11.7. The van der Waals surface area contributed by atoms with E-state index in [1.54, 1.807) is 6.08 Å². The maximum Gasteiger partial charge on any atom is 0.251 e. The molecule has 0 saturated heterocycles. The van der Waals surface area contributed by atoms with E-state index in [-0.39, 0.29) is 17.2 Å². The van der Waals surface area contributed by atoms with Crippen molar-refractivity contribution in [1.82, 2.24) is 5.32 Å². The van der Waals surface area contributed by atoms with Crippen LogP contribution in [0.2, 0.25) is 0 Å². The van der Waals surface area contributed by atoms with E-state index in [0.717, 1.165) is 28.8 Å². The summed E-state index contributed by atoms with van der Waals surface area (Å²) in [5.41, 5.74) is 3.43. The molecule has 0 aromatic heterocycles. The first-order valence-corrected chi connectivity index (χ1v) is 6.66. The number of amides is 1. The van der Waals surface area contributed by atoms with E-state index >= 15 is 0 Å². The number of hydrogen-bond acceptors (Lipinski definition) is 3. The van der Waals surface area contributed by atoms with Crippen molar-refractivity contribution in [3.05, 3.63) is 34.6 Å². The Bertz CT molecular complexity index is 558. The Morgan fingerprint density at radius 1 is 1.42 bits per heavy atom. The Hall–Kier alpha value is -1.39. The summed E-state index contributed by atoms with van der Waals surface area (Å²) in [7, 11) is 0. The molecule has 0 unspecified atom stereocenters. The fourth-order valence-corrected chi connectivity index (χ4v) is 3.39. The fraction of sp³-hybridized carbons (Fsp3) is 0.533. The Kier molecular flexibility index (Phi) is 2.53. The predicted octanol–water partition coefficient (Wildman–Crippen LogP) is 1.02. The Morgan fingerprint density at radius 2 is 2.11 bits per heavy atom. The number of nitrogens with one attached hydrogen (secondary N) is 1. The molecule has 4 atom stereocenters. The van der Waals surface area contributed by atoms with Gasteiger partial charge in [0.25, 0.3) is 5.91 Å². The van der Waals surface area contributed by atoms with E-state index in [9.17, 15) is 15.0 Å². The van der Waals surface area contributed by atoms with Crippen molar-refractivity contribution in [1.29, 1.82) is 0 Å². The number of hydrogen-bond donors (Lipinski definition) is 3. The van der Waals surface area contributed by atoms with Gasteiger partial charge >= 0.3 is 0 Å². The molecule has 0 saturated carbocycles. The van der Waals surface area contributed by atoms with Crippen molar-refractivity contribution in [2.24, 2.45) is 11.3 Å². The van der Waals surface area contributed by atoms with E-state index in [2.05, 4.69) is 12.2 Å². The van der Waals surface area contributed by atoms with Crippen LogP contribution in [0.15, 0.2) is 34.6 Å². The summed E-state index contributed by atoms with van der Waals surface area (Å²) in [6, 6.07) is 0. The minimum atomic E-state index is -0.835. The topological polar surface area (TPSA) is 69.6 Å². The van der Waals surface area contributed by atoms with Gasteiger partial charge in [-0.1, -0.05) is 13.8 Å². The second-order valence-electron chi connectivity index (χ2n) is 6.10. The first kappa shape index (κ1) is 12.6. The van der Waals surface area contributed by atoms with Crippen LogP contribution >= 0.6 is 0 Å². The molecule has 0 bridgehead atoms. The Balaban J connectivity index is 2.15. The van der Waals surface area contributed by atoms with E-state index < -0.39 is 12.2 Å². The van der Waals surface area contributed by atoms with Gasteiger partial charge in [0.15, 0.2) is 0 Å². The van der Waals surface area contributed by atoms with Gasteiger partial charge in [0.1, 0.15) is 0 Å². The van der Waals surface area contributed by atoms with Gasteiger partial charge in [0, 0.05) is 16.7 Å². The van der Waals surface area contributed by atoms with Crippen molar-refractivity contribution in [3.8, 4) is 0 Å². The predicted molar refractivity (Wildman–Crippen MR) is 70.9 cm³/mol. The third-order valence-corrected chi connectivity index (χ3v) is 5.09. The quantitative estimate of drug-likeness (QED) is 0.610. The fourth-order valence-electron chi connectivity index (χ4n) is 3.39. The van der Waals surface area contributed by atoms with Crippen LogP contribution in [0.3, 0.4) is 0 Å². The van der Waals surface area contributed by atoms with E-state index in [1.807, 2.05) is 19.9 Å². The summed E-state index contributed by atoms with van der Waals surface area (Å²) >= 11 is 0. The molecule has 0 fully saturated rings. The van der Waals surface area contributed by atoms with Gasteiger partial charge in [0.2, 0.25) is 0 Å². The zero-order valence-corrected chi connectivity index (χ0v) is 11.4. The molecule has 19 heavy (non-hydrogen) atoms. The van der Waals surface area contributed by atoms with Gasteiger partial charge in [0.05, 0.1) is 12.2 Å². The Morgan fingerprint density at radius 3 is 2.79 bits per heavy atom. The van der Waals surface area contributed by atoms with Crippen LogP contribution < -0.4 is 5.32 Å². The number of rotatable bonds is 0. The van der Waals surface area contributed by atoms with Crippen LogP contribution in [0.4, 0.5) is 0 Å². The van der Waals surface area contributed by atoms with E-state index in [4.69, 9.17) is 0 Å². The monoisotopic (exact) mass is 261 g/mol. The lowest BCUT2D eigenvalue weighted by atomic mass is 9.60. The second-order valence-corrected chi connectivity index (χ2v) is 6.10. The highest BCUT2D eigenvalue weighted by Crippen LogP contribution is 2.52. The normalized spacial score (nSPS) is 41.3. The first-order valence-electron chi connectivity index (χ1n) is 6.66. The lowest BCUT2D eigenvalue weighted by Crippen LogP contribution is -2.46. The molecule has 1 amide bonds. The van der Waals surface area contributed by atoms with Crippen LogP contribution in [0.5, 0.6) is 0 Å². The van der Waals surface area contributed by atoms with Gasteiger partial charge in [-0.25, -0.2) is 0 Å². The molecule has 3 N–H and O–H groups in total. The molecule has 0 spiro atoms. The number of allylic oxidation sites excluding steroid dienone is 3. The summed E-state index contributed by atoms with van der Waals surface area (Å²) in [6.07, 6.45) is 2.79. The highest BCUT2D eigenvalue weighted by atomic mass is 16.3. The molecule has 2 aliphatic carbocycles. The van der Waals surface area contributed by atoms with Crippen LogP contribution in [-0.4, -0.2) is 28.3 Å². The van der Waals surface area contributed by atoms with Crippen LogP contribution in [0.25, 0.3) is 0 Å². The van der Waals surface area contributed by atoms with Crippen LogP contribution in [-0.2, 0) is 4.79 Å². The molecule has 1 aliphatic heterocycles. The van der Waals surface area contributed by atoms with Crippen LogP contribution in [0, 0.1) is 11.3 Å². The minimum Gasteiger partial charge on any atom is -0.390 e. The molecular formula is C15H19NO3.